The Balaban J connectivity index is 2.88. The van der Waals surface area contributed by atoms with E-state index in [0.717, 1.165) is 4.90 Å². The second kappa shape index (κ2) is 5.81. The van der Waals surface area contributed by atoms with Crippen LogP contribution in [0.1, 0.15) is 17.4 Å². The van der Waals surface area contributed by atoms with Gasteiger partial charge in [0.1, 0.15) is 12.2 Å². The van der Waals surface area contributed by atoms with Crippen LogP contribution in [0.2, 0.25) is 0 Å². The molecule has 0 saturated heterocycles. The number of rotatable bonds is 5. The fourth-order valence-corrected chi connectivity index (χ4v) is 1.42. The van der Waals surface area contributed by atoms with Gasteiger partial charge < -0.3 is 10.0 Å². The molecule has 0 fully saturated rings. The Bertz CT molecular complexity index is 404. The predicted octanol–water partition coefficient (Wildman–Crippen LogP) is 1.65. The van der Waals surface area contributed by atoms with E-state index < -0.39 is 19.3 Å². The average Bonchev–Trinajstić information content (AvgIpc) is 2.27. The van der Waals surface area contributed by atoms with Crippen LogP contribution in [0.3, 0.4) is 0 Å². The first-order valence-electron chi connectivity index (χ1n) is 5.23. The highest BCUT2D eigenvalue weighted by molar-refractivity contribution is 5.92. The van der Waals surface area contributed by atoms with Crippen molar-refractivity contribution in [2.24, 2.45) is 0 Å². The minimum Gasteiger partial charge on any atom is -0.395 e. The number of carbonyl (C=O) groups excluding carboxylic acids is 1. The summed E-state index contributed by atoms with van der Waals surface area (Å²) in [5.41, 5.74) is 0.404. The summed E-state index contributed by atoms with van der Waals surface area (Å²) in [5, 5.41) is 8.75. The number of aliphatic hydroxyl groups excluding tert-OH is 1. The quantitative estimate of drug-likeness (QED) is 0.820. The maximum Gasteiger partial charge on any atom is 0.405 e. The van der Waals surface area contributed by atoms with Crippen LogP contribution in [-0.2, 0) is 0 Å². The number of Topliss-reactive ketones (excluding diaryl/α,β-unsaturated/α-hetero) is 1. The third-order valence-electron chi connectivity index (χ3n) is 2.21. The number of ketones is 1. The maximum atomic E-state index is 12.3. The van der Waals surface area contributed by atoms with E-state index in [1.165, 1.54) is 25.3 Å². The number of anilines is 1. The minimum atomic E-state index is -4.37. The molecule has 1 aromatic rings. The molecule has 7 heteroatoms. The normalized spacial score (nSPS) is 11.4. The van der Waals surface area contributed by atoms with Gasteiger partial charge in [0.25, 0.3) is 0 Å². The first kappa shape index (κ1) is 14.4. The molecule has 18 heavy (non-hydrogen) atoms. The van der Waals surface area contributed by atoms with Gasteiger partial charge in [-0.15, -0.1) is 0 Å². The van der Waals surface area contributed by atoms with Gasteiger partial charge in [-0.1, -0.05) is 0 Å². The fourth-order valence-electron chi connectivity index (χ4n) is 1.42. The SMILES string of the molecule is CC(=O)c1ccc(N(CCO)CC(F)(F)F)cn1. The Kier molecular flexibility index (Phi) is 4.66. The monoisotopic (exact) mass is 262 g/mol. The molecule has 0 spiro atoms. The Morgan fingerprint density at radius 1 is 1.44 bits per heavy atom. The molecule has 0 aliphatic heterocycles. The molecule has 0 aliphatic rings. The van der Waals surface area contributed by atoms with Crippen molar-refractivity contribution in [3.63, 3.8) is 0 Å². The smallest absolute Gasteiger partial charge is 0.395 e. The number of carbonyl (C=O) groups is 1. The van der Waals surface area contributed by atoms with Crippen molar-refractivity contribution in [3.05, 3.63) is 24.0 Å². The standard InChI is InChI=1S/C11H13F3N2O2/c1-8(18)10-3-2-9(6-15-10)16(4-5-17)7-11(12,13)14/h2-3,6,17H,4-5,7H2,1H3. The Morgan fingerprint density at radius 2 is 2.11 bits per heavy atom. The molecule has 0 unspecified atom stereocenters. The highest BCUT2D eigenvalue weighted by atomic mass is 19.4. The summed E-state index contributed by atoms with van der Waals surface area (Å²) in [6, 6.07) is 2.74. The topological polar surface area (TPSA) is 53.4 Å². The molecule has 0 aromatic carbocycles. The molecule has 0 aliphatic carbocycles. The van der Waals surface area contributed by atoms with E-state index in [2.05, 4.69) is 4.98 Å². The lowest BCUT2D eigenvalue weighted by atomic mass is 10.2. The Hall–Kier alpha value is -1.63. The number of pyridine rings is 1. The molecule has 0 amide bonds. The van der Waals surface area contributed by atoms with Gasteiger partial charge in [0.05, 0.1) is 18.5 Å². The van der Waals surface area contributed by atoms with Crippen molar-refractivity contribution in [1.82, 2.24) is 4.98 Å². The van der Waals surface area contributed by atoms with E-state index in [0.29, 0.717) is 0 Å². The van der Waals surface area contributed by atoms with E-state index in [9.17, 15) is 18.0 Å². The van der Waals surface area contributed by atoms with Crippen molar-refractivity contribution >= 4 is 11.5 Å². The number of halogens is 3. The molecule has 100 valence electrons. The second-order valence-electron chi connectivity index (χ2n) is 3.72. The molecule has 1 rings (SSSR count). The van der Waals surface area contributed by atoms with Gasteiger partial charge in [-0.05, 0) is 12.1 Å². The summed E-state index contributed by atoms with van der Waals surface area (Å²) in [6.45, 7) is -0.400. The summed E-state index contributed by atoms with van der Waals surface area (Å²) in [4.78, 5) is 15.7. The van der Waals surface area contributed by atoms with E-state index in [-0.39, 0.29) is 23.7 Å². The van der Waals surface area contributed by atoms with Crippen LogP contribution in [0.25, 0.3) is 0 Å². The van der Waals surface area contributed by atoms with Gasteiger partial charge in [0.15, 0.2) is 5.78 Å². The number of hydrogen-bond donors (Lipinski definition) is 1. The number of aromatic nitrogens is 1. The largest absolute Gasteiger partial charge is 0.405 e. The van der Waals surface area contributed by atoms with Crippen molar-refractivity contribution < 1.29 is 23.1 Å². The molecule has 1 N–H and O–H groups in total. The van der Waals surface area contributed by atoms with Crippen LogP contribution >= 0.6 is 0 Å². The third kappa shape index (κ3) is 4.33. The number of hydrogen-bond acceptors (Lipinski definition) is 4. The molecule has 0 saturated carbocycles. The van der Waals surface area contributed by atoms with Crippen LogP contribution < -0.4 is 4.90 Å². The van der Waals surface area contributed by atoms with Gasteiger partial charge in [-0.3, -0.25) is 9.78 Å². The van der Waals surface area contributed by atoms with E-state index >= 15 is 0 Å². The Morgan fingerprint density at radius 3 is 2.50 bits per heavy atom. The van der Waals surface area contributed by atoms with Crippen molar-refractivity contribution in [1.29, 1.82) is 0 Å². The average molecular weight is 262 g/mol. The Labute approximate surface area is 102 Å². The molecular formula is C11H13F3N2O2. The summed E-state index contributed by atoms with van der Waals surface area (Å²) < 4.78 is 37.0. The zero-order valence-electron chi connectivity index (χ0n) is 9.74. The van der Waals surface area contributed by atoms with E-state index in [1.807, 2.05) is 0 Å². The molecule has 4 nitrogen and oxygen atoms in total. The van der Waals surface area contributed by atoms with Crippen LogP contribution in [0, 0.1) is 0 Å². The number of aliphatic hydroxyl groups is 1. The lowest BCUT2D eigenvalue weighted by Crippen LogP contribution is -2.36. The second-order valence-corrected chi connectivity index (χ2v) is 3.72. The minimum absolute atomic E-state index is 0.152. The molecule has 1 heterocycles. The summed E-state index contributed by atoms with van der Waals surface area (Å²) >= 11 is 0. The van der Waals surface area contributed by atoms with Crippen LogP contribution in [0.5, 0.6) is 0 Å². The highest BCUT2D eigenvalue weighted by Crippen LogP contribution is 2.21. The lowest BCUT2D eigenvalue weighted by molar-refractivity contribution is -0.119. The van der Waals surface area contributed by atoms with Gasteiger partial charge >= 0.3 is 6.18 Å². The van der Waals surface area contributed by atoms with Crippen LogP contribution in [0.4, 0.5) is 18.9 Å². The summed E-state index contributed by atoms with van der Waals surface area (Å²) in [7, 11) is 0. The zero-order valence-corrected chi connectivity index (χ0v) is 9.74. The lowest BCUT2D eigenvalue weighted by Gasteiger charge is -2.24. The third-order valence-corrected chi connectivity index (χ3v) is 2.21. The summed E-state index contributed by atoms with van der Waals surface area (Å²) in [5.74, 6) is -0.258. The highest BCUT2D eigenvalue weighted by Gasteiger charge is 2.30. The van der Waals surface area contributed by atoms with Crippen molar-refractivity contribution in [3.8, 4) is 0 Å². The molecule has 0 atom stereocenters. The first-order chi connectivity index (χ1) is 8.33. The van der Waals surface area contributed by atoms with Gasteiger partial charge in [0.2, 0.25) is 0 Å². The van der Waals surface area contributed by atoms with Gasteiger partial charge in [0, 0.05) is 13.5 Å². The van der Waals surface area contributed by atoms with Gasteiger partial charge in [-0.25, -0.2) is 0 Å². The van der Waals surface area contributed by atoms with Crippen molar-refractivity contribution in [2.75, 3.05) is 24.6 Å². The molecular weight excluding hydrogens is 249 g/mol. The molecule has 0 bridgehead atoms. The van der Waals surface area contributed by atoms with Crippen LogP contribution in [0.15, 0.2) is 18.3 Å². The predicted molar refractivity (Wildman–Crippen MR) is 59.6 cm³/mol. The molecule has 1 aromatic heterocycles. The van der Waals surface area contributed by atoms with Crippen molar-refractivity contribution in [2.45, 2.75) is 13.1 Å². The number of nitrogens with zero attached hydrogens (tertiary/aromatic N) is 2. The van der Waals surface area contributed by atoms with E-state index in [4.69, 9.17) is 5.11 Å². The number of alkyl halides is 3. The van der Waals surface area contributed by atoms with E-state index in [1.54, 1.807) is 0 Å². The first-order valence-corrected chi connectivity index (χ1v) is 5.23. The van der Waals surface area contributed by atoms with Gasteiger partial charge in [-0.2, -0.15) is 13.2 Å². The van der Waals surface area contributed by atoms with Crippen LogP contribution in [-0.4, -0.2) is 41.7 Å². The molecule has 0 radical (unpaired) electrons. The summed E-state index contributed by atoms with van der Waals surface area (Å²) in [6.07, 6.45) is -3.17. The zero-order chi connectivity index (χ0) is 13.8. The fraction of sp³-hybridized carbons (Fsp3) is 0.455. The maximum absolute atomic E-state index is 12.3.